The molecule has 1 aromatic carbocycles. The minimum atomic E-state index is -4.77. The summed E-state index contributed by atoms with van der Waals surface area (Å²) in [7, 11) is 0. The molecule has 3 heterocycles. The summed E-state index contributed by atoms with van der Waals surface area (Å²) >= 11 is 1.10. The van der Waals surface area contributed by atoms with Gasteiger partial charge in [-0.25, -0.2) is 4.98 Å². The average Bonchev–Trinajstić information content (AvgIpc) is 3.36. The third-order valence-corrected chi connectivity index (χ3v) is 5.19. The highest BCUT2D eigenvalue weighted by molar-refractivity contribution is 7.22. The zero-order chi connectivity index (χ0) is 19.9. The van der Waals surface area contributed by atoms with Crippen molar-refractivity contribution < 1.29 is 22.4 Å². The third kappa shape index (κ3) is 3.31. The van der Waals surface area contributed by atoms with Crippen molar-refractivity contribution in [2.24, 2.45) is 16.0 Å². The number of para-hydroxylation sites is 1. The lowest BCUT2D eigenvalue weighted by Gasteiger charge is -2.13. The first-order chi connectivity index (χ1) is 13.3. The molecule has 1 amide bonds. The molecule has 2 aromatic heterocycles. The number of thiazole rings is 1. The van der Waals surface area contributed by atoms with Crippen molar-refractivity contribution in [2.75, 3.05) is 5.01 Å². The second-order valence-electron chi connectivity index (χ2n) is 6.07. The van der Waals surface area contributed by atoms with Gasteiger partial charge in [-0.05, 0) is 31.2 Å². The smallest absolute Gasteiger partial charge is 0.432 e. The Labute approximate surface area is 161 Å². The molecule has 28 heavy (non-hydrogen) atoms. The number of furan rings is 1. The number of carbonyl (C=O) groups is 1. The van der Waals surface area contributed by atoms with Crippen LogP contribution in [0, 0.1) is 5.92 Å². The molecule has 0 bridgehead atoms. The molecule has 1 atom stereocenters. The lowest BCUT2D eigenvalue weighted by atomic mass is 9.98. The summed E-state index contributed by atoms with van der Waals surface area (Å²) in [5.41, 5.74) is -0.593. The van der Waals surface area contributed by atoms with Crippen LogP contribution < -0.4 is 5.01 Å². The molecule has 0 N–H and O–H groups in total. The highest BCUT2D eigenvalue weighted by Crippen LogP contribution is 2.36. The molecule has 0 fully saturated rings. The molecule has 0 aliphatic carbocycles. The molecular weight excluding hydrogens is 393 g/mol. The van der Waals surface area contributed by atoms with Crippen LogP contribution in [-0.2, 0) is 11.3 Å². The standard InChI is InChI=1S/C18H13F3N4O2S/c1-10(22-9-11-5-4-8-27-11)14-15(18(19,20)21)24-25(16(14)26)17-23-12-6-2-3-7-13(12)28-17/h2-8,14H,9H2,1H3. The van der Waals surface area contributed by atoms with Crippen LogP contribution >= 0.6 is 11.3 Å². The fourth-order valence-electron chi connectivity index (χ4n) is 2.84. The summed E-state index contributed by atoms with van der Waals surface area (Å²) in [5.74, 6) is -1.95. The van der Waals surface area contributed by atoms with Crippen molar-refractivity contribution in [3.8, 4) is 0 Å². The largest absolute Gasteiger partial charge is 0.467 e. The van der Waals surface area contributed by atoms with Gasteiger partial charge in [0.05, 0.1) is 23.0 Å². The van der Waals surface area contributed by atoms with E-state index < -0.39 is 23.7 Å². The van der Waals surface area contributed by atoms with Gasteiger partial charge in [-0.15, -0.1) is 0 Å². The van der Waals surface area contributed by atoms with Gasteiger partial charge in [-0.2, -0.15) is 23.3 Å². The highest BCUT2D eigenvalue weighted by atomic mass is 32.1. The normalized spacial score (nSPS) is 18.2. The first-order valence-electron chi connectivity index (χ1n) is 8.23. The summed E-state index contributed by atoms with van der Waals surface area (Å²) in [6, 6.07) is 10.3. The molecular formula is C18H13F3N4O2S. The van der Waals surface area contributed by atoms with Gasteiger partial charge in [0.2, 0.25) is 5.13 Å². The maximum atomic E-state index is 13.6. The number of aromatic nitrogens is 1. The van der Waals surface area contributed by atoms with E-state index in [4.69, 9.17) is 4.42 Å². The number of carbonyl (C=O) groups excluding carboxylic acids is 1. The number of benzene rings is 1. The number of alkyl halides is 3. The molecule has 0 radical (unpaired) electrons. The summed E-state index contributed by atoms with van der Waals surface area (Å²) in [5, 5.41) is 4.39. The maximum Gasteiger partial charge on any atom is 0.432 e. The van der Waals surface area contributed by atoms with E-state index in [2.05, 4.69) is 15.1 Å². The second kappa shape index (κ2) is 6.86. The molecule has 1 aliphatic rings. The van der Waals surface area contributed by atoms with Gasteiger partial charge < -0.3 is 4.42 Å². The predicted molar refractivity (Wildman–Crippen MR) is 99.6 cm³/mol. The fraction of sp³-hybridized carbons (Fsp3) is 0.222. The second-order valence-corrected chi connectivity index (χ2v) is 7.08. The van der Waals surface area contributed by atoms with Crippen LogP contribution in [0.4, 0.5) is 18.3 Å². The first kappa shape index (κ1) is 18.4. The van der Waals surface area contributed by atoms with Crippen molar-refractivity contribution in [3.63, 3.8) is 0 Å². The van der Waals surface area contributed by atoms with E-state index in [1.54, 1.807) is 36.4 Å². The van der Waals surface area contributed by atoms with Crippen LogP contribution in [0.5, 0.6) is 0 Å². The number of nitrogens with zero attached hydrogens (tertiary/aromatic N) is 4. The van der Waals surface area contributed by atoms with E-state index in [0.29, 0.717) is 11.3 Å². The van der Waals surface area contributed by atoms with Crippen molar-refractivity contribution in [1.82, 2.24) is 4.98 Å². The number of aliphatic imine (C=N–C) groups is 1. The van der Waals surface area contributed by atoms with Gasteiger partial charge in [0.15, 0.2) is 5.71 Å². The Hall–Kier alpha value is -3.01. The zero-order valence-electron chi connectivity index (χ0n) is 14.5. The van der Waals surface area contributed by atoms with Gasteiger partial charge in [-0.3, -0.25) is 9.79 Å². The first-order valence-corrected chi connectivity index (χ1v) is 9.05. The molecule has 0 saturated heterocycles. The number of fused-ring (bicyclic) bond motifs is 1. The number of rotatable bonds is 4. The summed E-state index contributed by atoms with van der Waals surface area (Å²) in [6.07, 6.45) is -3.33. The molecule has 6 nitrogen and oxygen atoms in total. The van der Waals surface area contributed by atoms with Crippen LogP contribution in [0.25, 0.3) is 10.2 Å². The van der Waals surface area contributed by atoms with Crippen LogP contribution in [0.2, 0.25) is 0 Å². The van der Waals surface area contributed by atoms with Gasteiger partial charge >= 0.3 is 6.18 Å². The summed E-state index contributed by atoms with van der Waals surface area (Å²) in [6.45, 7) is 1.42. The molecule has 144 valence electrons. The van der Waals surface area contributed by atoms with Gasteiger partial charge in [0.1, 0.15) is 11.7 Å². The number of hydrogen-bond acceptors (Lipinski definition) is 6. The number of hydrazone groups is 1. The molecule has 0 spiro atoms. The summed E-state index contributed by atoms with van der Waals surface area (Å²) in [4.78, 5) is 21.2. The molecule has 10 heteroatoms. The van der Waals surface area contributed by atoms with Crippen LogP contribution in [0.3, 0.4) is 0 Å². The fourth-order valence-corrected chi connectivity index (χ4v) is 3.76. The topological polar surface area (TPSA) is 71.1 Å². The van der Waals surface area contributed by atoms with Gasteiger partial charge in [0, 0.05) is 5.71 Å². The Bertz CT molecular complexity index is 1050. The Kier molecular flexibility index (Phi) is 4.50. The highest BCUT2D eigenvalue weighted by Gasteiger charge is 2.52. The molecule has 4 rings (SSSR count). The monoisotopic (exact) mass is 406 g/mol. The number of anilines is 1. The Balaban J connectivity index is 1.69. The van der Waals surface area contributed by atoms with Gasteiger partial charge in [0.25, 0.3) is 5.91 Å². The van der Waals surface area contributed by atoms with E-state index in [-0.39, 0.29) is 17.4 Å². The lowest BCUT2D eigenvalue weighted by molar-refractivity contribution is -0.119. The average molecular weight is 406 g/mol. The minimum absolute atomic E-state index is 0.0149. The van der Waals surface area contributed by atoms with Gasteiger partial charge in [-0.1, -0.05) is 23.5 Å². The number of hydrogen-bond donors (Lipinski definition) is 0. The molecule has 3 aromatic rings. The SMILES string of the molecule is CC(=NCc1ccco1)C1C(=O)N(c2nc3ccccc3s2)N=C1C(F)(F)F. The molecule has 0 saturated carbocycles. The predicted octanol–water partition coefficient (Wildman–Crippen LogP) is 4.43. The van der Waals surface area contributed by atoms with Crippen molar-refractivity contribution in [2.45, 2.75) is 19.6 Å². The number of halogens is 3. The van der Waals surface area contributed by atoms with E-state index in [1.165, 1.54) is 13.2 Å². The van der Waals surface area contributed by atoms with Crippen molar-refractivity contribution in [1.29, 1.82) is 0 Å². The third-order valence-electron chi connectivity index (χ3n) is 4.17. The Morgan fingerprint density at radius 1 is 1.29 bits per heavy atom. The number of amides is 1. The van der Waals surface area contributed by atoms with Crippen LogP contribution in [0.1, 0.15) is 12.7 Å². The van der Waals surface area contributed by atoms with Crippen LogP contribution in [-0.4, -0.2) is 28.5 Å². The van der Waals surface area contributed by atoms with E-state index in [0.717, 1.165) is 21.0 Å². The minimum Gasteiger partial charge on any atom is -0.467 e. The Morgan fingerprint density at radius 3 is 2.75 bits per heavy atom. The Morgan fingerprint density at radius 2 is 2.07 bits per heavy atom. The maximum absolute atomic E-state index is 13.6. The lowest BCUT2D eigenvalue weighted by Crippen LogP contribution is -2.37. The van der Waals surface area contributed by atoms with Crippen molar-refractivity contribution in [3.05, 3.63) is 48.4 Å². The van der Waals surface area contributed by atoms with Crippen molar-refractivity contribution >= 4 is 44.0 Å². The molecule has 1 unspecified atom stereocenters. The van der Waals surface area contributed by atoms with E-state index in [9.17, 15) is 18.0 Å². The van der Waals surface area contributed by atoms with E-state index in [1.807, 2.05) is 0 Å². The quantitative estimate of drug-likeness (QED) is 0.602. The summed E-state index contributed by atoms with van der Waals surface area (Å²) < 4.78 is 46.5. The molecule has 1 aliphatic heterocycles. The zero-order valence-corrected chi connectivity index (χ0v) is 15.3. The van der Waals surface area contributed by atoms with E-state index >= 15 is 0 Å². The van der Waals surface area contributed by atoms with Crippen LogP contribution in [0.15, 0.2) is 57.2 Å².